The van der Waals surface area contributed by atoms with E-state index in [0.717, 1.165) is 4.31 Å². The molecule has 9 nitrogen and oxygen atoms in total. The maximum absolute atomic E-state index is 12.8. The van der Waals surface area contributed by atoms with Crippen LogP contribution in [0.2, 0.25) is 0 Å². The zero-order valence-corrected chi connectivity index (χ0v) is 18.3. The Hall–Kier alpha value is -1.53. The number of hydrogen-bond acceptors (Lipinski definition) is 5. The van der Waals surface area contributed by atoms with Crippen LogP contribution in [0.15, 0.2) is 29.2 Å². The summed E-state index contributed by atoms with van der Waals surface area (Å²) in [5.41, 5.74) is 0.275. The van der Waals surface area contributed by atoms with Crippen LogP contribution in [0.25, 0.3) is 0 Å². The summed E-state index contributed by atoms with van der Waals surface area (Å²) in [6.07, 6.45) is 0. The van der Waals surface area contributed by atoms with Gasteiger partial charge >= 0.3 is 0 Å². The molecule has 11 heteroatoms. The Labute approximate surface area is 167 Å². The normalized spacial score (nSPS) is 16.7. The summed E-state index contributed by atoms with van der Waals surface area (Å²) in [6.45, 7) is 5.11. The second-order valence-electron chi connectivity index (χ2n) is 6.60. The van der Waals surface area contributed by atoms with E-state index in [1.54, 1.807) is 30.9 Å². The highest BCUT2D eigenvalue weighted by Gasteiger charge is 2.31. The molecule has 0 bridgehead atoms. The molecule has 0 radical (unpaired) electrons. The quantitative estimate of drug-likeness (QED) is 0.616. The lowest BCUT2D eigenvalue weighted by Crippen LogP contribution is -2.53. The van der Waals surface area contributed by atoms with Crippen LogP contribution in [-0.4, -0.2) is 93.9 Å². The van der Waals surface area contributed by atoms with Crippen LogP contribution < -0.4 is 0 Å². The minimum absolute atomic E-state index is 0.0795. The van der Waals surface area contributed by atoms with Gasteiger partial charge in [-0.2, -0.15) is 21.3 Å². The standard InChI is InChI=1S/C17H28N4O5S2/c1-5-20(6-2)27(23,24)16-9-7-8-15(14-16)17(22)19-10-12-21(13-11-19)28(25,26)18(3)4/h7-9,14H,5-6,10-13H2,1-4H3. The van der Waals surface area contributed by atoms with Crippen LogP contribution in [0.5, 0.6) is 0 Å². The molecule has 0 aromatic heterocycles. The van der Waals surface area contributed by atoms with E-state index in [4.69, 9.17) is 0 Å². The van der Waals surface area contributed by atoms with Gasteiger partial charge in [0.2, 0.25) is 10.0 Å². The summed E-state index contributed by atoms with van der Waals surface area (Å²) in [7, 11) is -4.23. The van der Waals surface area contributed by atoms with Crippen molar-refractivity contribution in [3.8, 4) is 0 Å². The molecule has 0 saturated carbocycles. The maximum atomic E-state index is 12.8. The van der Waals surface area contributed by atoms with Gasteiger partial charge in [0.05, 0.1) is 4.90 Å². The van der Waals surface area contributed by atoms with Crippen molar-refractivity contribution in [1.29, 1.82) is 0 Å². The number of carbonyl (C=O) groups excluding carboxylic acids is 1. The lowest BCUT2D eigenvalue weighted by Gasteiger charge is -2.35. The van der Waals surface area contributed by atoms with E-state index in [9.17, 15) is 21.6 Å². The summed E-state index contributed by atoms with van der Waals surface area (Å²) in [4.78, 5) is 14.4. The van der Waals surface area contributed by atoms with Crippen molar-refractivity contribution in [2.24, 2.45) is 0 Å². The Bertz CT molecular complexity index is 903. The topological polar surface area (TPSA) is 98.3 Å². The number of rotatable bonds is 7. The largest absolute Gasteiger partial charge is 0.336 e. The van der Waals surface area contributed by atoms with Crippen LogP contribution in [-0.2, 0) is 20.2 Å². The second kappa shape index (κ2) is 8.87. The fourth-order valence-electron chi connectivity index (χ4n) is 3.04. The maximum Gasteiger partial charge on any atom is 0.281 e. The Balaban J connectivity index is 2.17. The fourth-order valence-corrected chi connectivity index (χ4v) is 5.63. The van der Waals surface area contributed by atoms with E-state index >= 15 is 0 Å². The Morgan fingerprint density at radius 3 is 2.07 bits per heavy atom. The monoisotopic (exact) mass is 432 g/mol. The number of nitrogens with zero attached hydrogens (tertiary/aromatic N) is 4. The average molecular weight is 433 g/mol. The SMILES string of the molecule is CCN(CC)S(=O)(=O)c1cccc(C(=O)N2CCN(S(=O)(=O)N(C)C)CC2)c1. The van der Waals surface area contributed by atoms with Crippen molar-refractivity contribution in [3.05, 3.63) is 29.8 Å². The molecule has 0 aliphatic carbocycles. The summed E-state index contributed by atoms with van der Waals surface area (Å²) in [5.74, 6) is -0.307. The van der Waals surface area contributed by atoms with Gasteiger partial charge in [-0.15, -0.1) is 0 Å². The minimum atomic E-state index is -3.66. The van der Waals surface area contributed by atoms with Gasteiger partial charge in [0.1, 0.15) is 0 Å². The molecule has 0 unspecified atom stereocenters. The van der Waals surface area contributed by atoms with Crippen LogP contribution >= 0.6 is 0 Å². The number of carbonyl (C=O) groups is 1. The number of amides is 1. The fraction of sp³-hybridized carbons (Fsp3) is 0.588. The van der Waals surface area contributed by atoms with Crippen LogP contribution in [0, 0.1) is 0 Å². The van der Waals surface area contributed by atoms with Crippen LogP contribution in [0.4, 0.5) is 0 Å². The molecule has 1 aromatic carbocycles. The zero-order chi connectivity index (χ0) is 21.1. The second-order valence-corrected chi connectivity index (χ2v) is 10.7. The smallest absolute Gasteiger partial charge is 0.281 e. The minimum Gasteiger partial charge on any atom is -0.336 e. The number of benzene rings is 1. The highest BCUT2D eigenvalue weighted by Crippen LogP contribution is 2.19. The van der Waals surface area contributed by atoms with Gasteiger partial charge in [-0.1, -0.05) is 19.9 Å². The van der Waals surface area contributed by atoms with Gasteiger partial charge in [0.15, 0.2) is 0 Å². The molecule has 0 atom stereocenters. The molecule has 1 saturated heterocycles. The van der Waals surface area contributed by atoms with E-state index in [1.807, 2.05) is 0 Å². The van der Waals surface area contributed by atoms with Crippen LogP contribution in [0.3, 0.4) is 0 Å². The number of sulfonamides is 1. The Kier molecular flexibility index (Phi) is 7.21. The zero-order valence-electron chi connectivity index (χ0n) is 16.7. The lowest BCUT2D eigenvalue weighted by molar-refractivity contribution is 0.0695. The molecule has 1 aromatic rings. The predicted molar refractivity (Wildman–Crippen MR) is 107 cm³/mol. The first-order chi connectivity index (χ1) is 13.1. The first kappa shape index (κ1) is 22.8. The van der Waals surface area contributed by atoms with Gasteiger partial charge < -0.3 is 4.90 Å². The number of piperazine rings is 1. The molecule has 1 fully saturated rings. The van der Waals surface area contributed by atoms with Crippen LogP contribution in [0.1, 0.15) is 24.2 Å². The lowest BCUT2D eigenvalue weighted by atomic mass is 10.2. The molecule has 0 spiro atoms. The third-order valence-electron chi connectivity index (χ3n) is 4.74. The van der Waals surface area contributed by atoms with E-state index in [-0.39, 0.29) is 42.5 Å². The molecule has 1 heterocycles. The van der Waals surface area contributed by atoms with E-state index < -0.39 is 20.2 Å². The predicted octanol–water partition coefficient (Wildman–Crippen LogP) is 0.281. The van der Waals surface area contributed by atoms with Crippen molar-refractivity contribution in [2.75, 3.05) is 53.4 Å². The van der Waals surface area contributed by atoms with E-state index in [2.05, 4.69) is 0 Å². The number of hydrogen-bond donors (Lipinski definition) is 0. The summed E-state index contributed by atoms with van der Waals surface area (Å²) in [5, 5.41) is 0. The summed E-state index contributed by atoms with van der Waals surface area (Å²) in [6, 6.07) is 5.99. The average Bonchev–Trinajstić information content (AvgIpc) is 2.68. The van der Waals surface area contributed by atoms with Crippen molar-refractivity contribution >= 4 is 26.1 Å². The summed E-state index contributed by atoms with van der Waals surface area (Å²) >= 11 is 0. The van der Waals surface area contributed by atoms with E-state index in [1.165, 1.54) is 34.8 Å². The first-order valence-electron chi connectivity index (χ1n) is 9.12. The van der Waals surface area contributed by atoms with Crippen molar-refractivity contribution < 1.29 is 21.6 Å². The molecular weight excluding hydrogens is 404 g/mol. The van der Waals surface area contributed by atoms with Crippen molar-refractivity contribution in [2.45, 2.75) is 18.7 Å². The Morgan fingerprint density at radius 1 is 1.00 bits per heavy atom. The molecule has 0 N–H and O–H groups in total. The highest BCUT2D eigenvalue weighted by molar-refractivity contribution is 7.89. The van der Waals surface area contributed by atoms with Crippen molar-refractivity contribution in [1.82, 2.24) is 17.8 Å². The van der Waals surface area contributed by atoms with E-state index in [0.29, 0.717) is 13.1 Å². The van der Waals surface area contributed by atoms with Gasteiger partial charge in [-0.25, -0.2) is 8.42 Å². The molecule has 2 rings (SSSR count). The molecule has 158 valence electrons. The third-order valence-corrected chi connectivity index (χ3v) is 8.72. The highest BCUT2D eigenvalue weighted by atomic mass is 32.2. The third kappa shape index (κ3) is 4.54. The first-order valence-corrected chi connectivity index (χ1v) is 12.0. The van der Waals surface area contributed by atoms with Gasteiger partial charge in [0.25, 0.3) is 16.1 Å². The Morgan fingerprint density at radius 2 is 1.57 bits per heavy atom. The van der Waals surface area contributed by atoms with Gasteiger partial charge in [0, 0.05) is 58.9 Å². The molecule has 1 aliphatic heterocycles. The molecule has 1 aliphatic rings. The molecule has 28 heavy (non-hydrogen) atoms. The molecular formula is C17H28N4O5S2. The van der Waals surface area contributed by atoms with Gasteiger partial charge in [-0.3, -0.25) is 4.79 Å². The summed E-state index contributed by atoms with van der Waals surface area (Å²) < 4.78 is 53.6. The van der Waals surface area contributed by atoms with Gasteiger partial charge in [-0.05, 0) is 18.2 Å². The van der Waals surface area contributed by atoms with Crippen molar-refractivity contribution in [3.63, 3.8) is 0 Å². The molecule has 1 amide bonds.